The van der Waals surface area contributed by atoms with Crippen molar-refractivity contribution >= 4 is 40.6 Å². The summed E-state index contributed by atoms with van der Waals surface area (Å²) in [6.45, 7) is 5.90. The minimum Gasteiger partial charge on any atom is -0.466 e. The van der Waals surface area contributed by atoms with E-state index in [-0.39, 0.29) is 34.6 Å². The Hall–Kier alpha value is -3.58. The zero-order valence-corrected chi connectivity index (χ0v) is 20.7. The average Bonchev–Trinajstić information content (AvgIpc) is 3.06. The van der Waals surface area contributed by atoms with Gasteiger partial charge in [0.1, 0.15) is 16.8 Å². The van der Waals surface area contributed by atoms with Gasteiger partial charge in [-0.25, -0.2) is 4.79 Å². The first kappa shape index (κ1) is 23.2. The fourth-order valence-electron chi connectivity index (χ4n) is 5.69. The third kappa shape index (κ3) is 3.14. The number of Topliss-reactive ketones (excluding diaryl/α,β-unsaturated/α-hetero) is 1. The van der Waals surface area contributed by atoms with Gasteiger partial charge in [-0.2, -0.15) is 0 Å². The molecule has 2 heterocycles. The molecule has 0 radical (unpaired) electrons. The van der Waals surface area contributed by atoms with Crippen molar-refractivity contribution < 1.29 is 19.1 Å². The minimum absolute atomic E-state index is 0.0401. The number of methoxy groups -OCH3 is 1. The van der Waals surface area contributed by atoms with Crippen LogP contribution in [0.3, 0.4) is 0 Å². The fourth-order valence-corrected chi connectivity index (χ4v) is 5.86. The molecule has 0 fully saturated rings. The highest BCUT2D eigenvalue weighted by molar-refractivity contribution is 6.31. The molecule has 1 amide bonds. The number of benzene rings is 2. The monoisotopic (exact) mass is 491 g/mol. The molecule has 1 unspecified atom stereocenters. The van der Waals surface area contributed by atoms with E-state index in [1.54, 1.807) is 41.3 Å². The van der Waals surface area contributed by atoms with Crippen LogP contribution in [0, 0.1) is 12.3 Å². The summed E-state index contributed by atoms with van der Waals surface area (Å²) in [5.74, 6) is -1.44. The first-order chi connectivity index (χ1) is 16.5. The Kier molecular flexibility index (Phi) is 5.11. The highest BCUT2D eigenvalue weighted by Gasteiger charge is 2.62. The van der Waals surface area contributed by atoms with Crippen LogP contribution in [0.5, 0.6) is 0 Å². The molecule has 5 rings (SSSR count). The standard InChI is InChI=1S/C27H26ClN3O4/c1-14-9-10-15(28)11-18(14)31-19-12-26(2,3)13-20(32)21(19)27(22(23(31)29)24(33)35-4)16-7-5-6-8-17(16)30-25(27)34/h5-11H,12-13,29H2,1-4H3,(H,30,34). The van der Waals surface area contributed by atoms with Gasteiger partial charge in [0.05, 0.1) is 12.8 Å². The zero-order chi connectivity index (χ0) is 25.3. The van der Waals surface area contributed by atoms with Gasteiger partial charge in [0.25, 0.3) is 0 Å². The van der Waals surface area contributed by atoms with Crippen LogP contribution in [-0.2, 0) is 24.5 Å². The van der Waals surface area contributed by atoms with Crippen molar-refractivity contribution in [2.75, 3.05) is 17.3 Å². The van der Waals surface area contributed by atoms with Gasteiger partial charge in [0.15, 0.2) is 5.78 Å². The number of halogens is 1. The number of aryl methyl sites for hydroxylation is 1. The second-order valence-electron chi connectivity index (χ2n) is 10.0. The summed E-state index contributed by atoms with van der Waals surface area (Å²) in [6.07, 6.45) is 0.687. The van der Waals surface area contributed by atoms with Crippen molar-refractivity contribution in [1.29, 1.82) is 0 Å². The number of amides is 1. The average molecular weight is 492 g/mol. The lowest BCUT2D eigenvalue weighted by molar-refractivity contribution is -0.138. The SMILES string of the molecule is COC(=O)C1=C(N)N(c2cc(Cl)ccc2C)C2=C(C(=O)CC(C)(C)C2)C12C(=O)Nc1ccccc12. The van der Waals surface area contributed by atoms with Gasteiger partial charge in [-0.05, 0) is 42.5 Å². The quantitative estimate of drug-likeness (QED) is 0.606. The van der Waals surface area contributed by atoms with Crippen LogP contribution in [0.25, 0.3) is 0 Å². The lowest BCUT2D eigenvalue weighted by Gasteiger charge is -2.47. The van der Waals surface area contributed by atoms with Crippen molar-refractivity contribution in [1.82, 2.24) is 0 Å². The summed E-state index contributed by atoms with van der Waals surface area (Å²) in [4.78, 5) is 42.9. The molecule has 2 aromatic carbocycles. The molecular formula is C27H26ClN3O4. The van der Waals surface area contributed by atoms with E-state index < -0.39 is 17.3 Å². The van der Waals surface area contributed by atoms with Gasteiger partial charge in [-0.3, -0.25) is 14.5 Å². The first-order valence-corrected chi connectivity index (χ1v) is 11.7. The first-order valence-electron chi connectivity index (χ1n) is 11.4. The maximum atomic E-state index is 13.9. The Morgan fingerprint density at radius 2 is 1.86 bits per heavy atom. The lowest BCUT2D eigenvalue weighted by atomic mass is 9.60. The molecule has 1 atom stereocenters. The van der Waals surface area contributed by atoms with Gasteiger partial charge in [-0.1, -0.05) is 49.7 Å². The number of hydrogen-bond donors (Lipinski definition) is 2. The molecule has 1 spiro atoms. The number of hydrogen-bond acceptors (Lipinski definition) is 6. The number of carbonyl (C=O) groups excluding carboxylic acids is 3. The molecule has 2 aromatic rings. The van der Waals surface area contributed by atoms with Crippen molar-refractivity contribution in [3.05, 3.63) is 81.3 Å². The number of nitrogens with zero attached hydrogens (tertiary/aromatic N) is 1. The number of para-hydroxylation sites is 1. The van der Waals surface area contributed by atoms with Gasteiger partial charge >= 0.3 is 5.97 Å². The Morgan fingerprint density at radius 3 is 2.57 bits per heavy atom. The molecule has 2 aliphatic heterocycles. The van der Waals surface area contributed by atoms with Crippen LogP contribution in [-0.4, -0.2) is 24.8 Å². The number of nitrogens with one attached hydrogen (secondary N) is 1. The number of ketones is 1. The fraction of sp³-hybridized carbons (Fsp3) is 0.296. The van der Waals surface area contributed by atoms with Crippen LogP contribution in [0.2, 0.25) is 5.02 Å². The van der Waals surface area contributed by atoms with Crippen LogP contribution < -0.4 is 16.0 Å². The topological polar surface area (TPSA) is 102 Å². The maximum absolute atomic E-state index is 13.9. The molecular weight excluding hydrogens is 466 g/mol. The summed E-state index contributed by atoms with van der Waals surface area (Å²) >= 11 is 6.36. The highest BCUT2D eigenvalue weighted by Crippen LogP contribution is 2.57. The van der Waals surface area contributed by atoms with E-state index in [0.29, 0.717) is 34.1 Å². The molecule has 35 heavy (non-hydrogen) atoms. The molecule has 8 heteroatoms. The number of carbonyl (C=O) groups is 3. The highest BCUT2D eigenvalue weighted by atomic mass is 35.5. The largest absolute Gasteiger partial charge is 0.466 e. The summed E-state index contributed by atoms with van der Waals surface area (Å²) in [6, 6.07) is 12.4. The van der Waals surface area contributed by atoms with E-state index in [1.165, 1.54) is 7.11 Å². The van der Waals surface area contributed by atoms with E-state index in [0.717, 1.165) is 5.56 Å². The maximum Gasteiger partial charge on any atom is 0.339 e. The number of nitrogens with two attached hydrogens (primary N) is 1. The Labute approximate surface area is 208 Å². The number of ether oxygens (including phenoxy) is 1. The normalized spacial score (nSPS) is 22.8. The zero-order valence-electron chi connectivity index (χ0n) is 20.0. The molecule has 0 saturated heterocycles. The molecule has 0 aromatic heterocycles. The van der Waals surface area contributed by atoms with Crippen molar-refractivity contribution in [2.24, 2.45) is 11.1 Å². The van der Waals surface area contributed by atoms with Crippen LogP contribution in [0.1, 0.15) is 37.8 Å². The predicted molar refractivity (Wildman–Crippen MR) is 134 cm³/mol. The molecule has 3 aliphatic rings. The second kappa shape index (κ2) is 7.71. The van der Waals surface area contributed by atoms with Crippen LogP contribution in [0.4, 0.5) is 11.4 Å². The van der Waals surface area contributed by atoms with E-state index in [9.17, 15) is 14.4 Å². The number of rotatable bonds is 2. The van der Waals surface area contributed by atoms with E-state index in [2.05, 4.69) is 5.32 Å². The molecule has 3 N–H and O–H groups in total. The van der Waals surface area contributed by atoms with E-state index in [4.69, 9.17) is 22.1 Å². The summed E-state index contributed by atoms with van der Waals surface area (Å²) in [5.41, 5.74) is 8.00. The molecule has 7 nitrogen and oxygen atoms in total. The number of allylic oxidation sites excluding steroid dienone is 1. The second-order valence-corrected chi connectivity index (χ2v) is 10.5. The van der Waals surface area contributed by atoms with Gasteiger partial charge in [0.2, 0.25) is 5.91 Å². The van der Waals surface area contributed by atoms with Gasteiger partial charge in [0, 0.05) is 34.0 Å². The van der Waals surface area contributed by atoms with Crippen molar-refractivity contribution in [3.63, 3.8) is 0 Å². The molecule has 0 saturated carbocycles. The number of anilines is 2. The van der Waals surface area contributed by atoms with Crippen molar-refractivity contribution in [3.8, 4) is 0 Å². The Balaban J connectivity index is 1.95. The van der Waals surface area contributed by atoms with Gasteiger partial charge in [-0.15, -0.1) is 0 Å². The lowest BCUT2D eigenvalue weighted by Crippen LogP contribution is -2.54. The molecule has 1 aliphatic carbocycles. The molecule has 180 valence electrons. The Morgan fingerprint density at radius 1 is 1.14 bits per heavy atom. The minimum atomic E-state index is -1.71. The third-order valence-corrected chi connectivity index (χ3v) is 7.33. The van der Waals surface area contributed by atoms with Crippen LogP contribution in [0.15, 0.2) is 65.1 Å². The Bertz CT molecular complexity index is 1390. The number of fused-ring (bicyclic) bond motifs is 3. The van der Waals surface area contributed by atoms with E-state index in [1.807, 2.05) is 26.8 Å². The summed E-state index contributed by atoms with van der Waals surface area (Å²) in [5, 5.41) is 3.35. The van der Waals surface area contributed by atoms with E-state index >= 15 is 0 Å². The molecule has 0 bridgehead atoms. The predicted octanol–water partition coefficient (Wildman–Crippen LogP) is 4.35. The van der Waals surface area contributed by atoms with Crippen molar-refractivity contribution in [2.45, 2.75) is 39.0 Å². The summed E-state index contributed by atoms with van der Waals surface area (Å²) in [7, 11) is 1.24. The van der Waals surface area contributed by atoms with Crippen LogP contribution >= 0.6 is 11.6 Å². The van der Waals surface area contributed by atoms with Gasteiger partial charge < -0.3 is 15.8 Å². The smallest absolute Gasteiger partial charge is 0.339 e. The number of esters is 1. The third-order valence-electron chi connectivity index (χ3n) is 7.09. The summed E-state index contributed by atoms with van der Waals surface area (Å²) < 4.78 is 5.16.